The third kappa shape index (κ3) is 1.98. The molecule has 3 nitrogen and oxygen atoms in total. The highest BCUT2D eigenvalue weighted by Crippen LogP contribution is 2.40. The number of allylic oxidation sites excluding steroid dienone is 2. The Morgan fingerprint density at radius 3 is 2.45 bits per heavy atom. The minimum Gasteiger partial charge on any atom is -0.275 e. The Bertz CT molecular complexity index is 576. The van der Waals surface area contributed by atoms with Gasteiger partial charge in [0.25, 0.3) is 0 Å². The van der Waals surface area contributed by atoms with E-state index in [1.807, 2.05) is 44.2 Å². The van der Waals surface area contributed by atoms with Crippen molar-refractivity contribution in [3.05, 3.63) is 47.5 Å². The van der Waals surface area contributed by atoms with Crippen LogP contribution in [0.2, 0.25) is 0 Å². The molecule has 0 saturated carbocycles. The fraction of sp³-hybridized carbons (Fsp3) is 0.412. The number of fused-ring (bicyclic) bond motifs is 1. The Balaban J connectivity index is 1.89. The molecule has 0 radical (unpaired) electrons. The lowest BCUT2D eigenvalue weighted by Gasteiger charge is -2.23. The Morgan fingerprint density at radius 2 is 1.75 bits per heavy atom. The molecule has 1 saturated heterocycles. The van der Waals surface area contributed by atoms with Gasteiger partial charge in [-0.3, -0.25) is 14.5 Å². The number of hydrogen-bond donors (Lipinski definition) is 0. The zero-order chi connectivity index (χ0) is 14.3. The van der Waals surface area contributed by atoms with Crippen LogP contribution in [0.5, 0.6) is 0 Å². The summed E-state index contributed by atoms with van der Waals surface area (Å²) in [5.41, 5.74) is 2.24. The second kappa shape index (κ2) is 4.89. The van der Waals surface area contributed by atoms with Gasteiger partial charge in [-0.1, -0.05) is 42.0 Å². The van der Waals surface area contributed by atoms with Crippen molar-refractivity contribution in [1.82, 2.24) is 4.90 Å². The molecule has 3 heteroatoms. The van der Waals surface area contributed by atoms with Crippen molar-refractivity contribution in [3.63, 3.8) is 0 Å². The first-order chi connectivity index (χ1) is 9.59. The summed E-state index contributed by atoms with van der Waals surface area (Å²) >= 11 is 0. The quantitative estimate of drug-likeness (QED) is 0.611. The van der Waals surface area contributed by atoms with Gasteiger partial charge in [-0.15, -0.1) is 0 Å². The number of carbonyl (C=O) groups is 2. The van der Waals surface area contributed by atoms with Crippen molar-refractivity contribution >= 4 is 11.8 Å². The summed E-state index contributed by atoms with van der Waals surface area (Å²) in [4.78, 5) is 26.6. The smallest absolute Gasteiger partial charge is 0.233 e. The van der Waals surface area contributed by atoms with Gasteiger partial charge in [-0.2, -0.15) is 0 Å². The molecular weight excluding hydrogens is 250 g/mol. The van der Waals surface area contributed by atoms with Crippen molar-refractivity contribution in [2.24, 2.45) is 11.8 Å². The first kappa shape index (κ1) is 13.1. The maximum Gasteiger partial charge on any atom is 0.233 e. The van der Waals surface area contributed by atoms with E-state index in [0.29, 0.717) is 6.42 Å². The molecular formula is C17H19NO2. The largest absolute Gasteiger partial charge is 0.275 e. The van der Waals surface area contributed by atoms with Crippen LogP contribution in [-0.4, -0.2) is 16.7 Å². The number of likely N-dealkylation sites (tertiary alicyclic amines) is 1. The van der Waals surface area contributed by atoms with E-state index in [1.54, 1.807) is 0 Å². The molecule has 3 atom stereocenters. The highest BCUT2D eigenvalue weighted by atomic mass is 16.2. The van der Waals surface area contributed by atoms with Crippen LogP contribution in [0.4, 0.5) is 0 Å². The maximum absolute atomic E-state index is 12.6. The van der Waals surface area contributed by atoms with E-state index >= 15 is 0 Å². The third-order valence-electron chi connectivity index (χ3n) is 4.53. The van der Waals surface area contributed by atoms with E-state index in [0.717, 1.165) is 12.0 Å². The Kier molecular flexibility index (Phi) is 3.20. The zero-order valence-corrected chi connectivity index (χ0v) is 11.9. The fourth-order valence-corrected chi connectivity index (χ4v) is 3.33. The Hall–Kier alpha value is -1.90. The summed E-state index contributed by atoms with van der Waals surface area (Å²) in [5, 5.41) is 0. The van der Waals surface area contributed by atoms with E-state index in [9.17, 15) is 9.59 Å². The van der Waals surface area contributed by atoms with Crippen molar-refractivity contribution in [2.75, 3.05) is 0 Å². The van der Waals surface area contributed by atoms with Crippen LogP contribution in [0.1, 0.15) is 38.3 Å². The average molecular weight is 269 g/mol. The summed E-state index contributed by atoms with van der Waals surface area (Å²) in [7, 11) is 0. The van der Waals surface area contributed by atoms with Crippen molar-refractivity contribution in [2.45, 2.75) is 32.7 Å². The highest BCUT2D eigenvalue weighted by molar-refractivity contribution is 6.05. The van der Waals surface area contributed by atoms with E-state index in [2.05, 4.69) is 6.08 Å². The molecule has 0 unspecified atom stereocenters. The molecule has 1 aliphatic carbocycles. The normalized spacial score (nSPS) is 27.3. The second-order valence-electron chi connectivity index (χ2n) is 5.84. The van der Waals surface area contributed by atoms with Crippen LogP contribution in [0.15, 0.2) is 42.0 Å². The van der Waals surface area contributed by atoms with Gasteiger partial charge < -0.3 is 0 Å². The van der Waals surface area contributed by atoms with Gasteiger partial charge in [0, 0.05) is 0 Å². The van der Waals surface area contributed by atoms with E-state index in [1.165, 1.54) is 10.5 Å². The first-order valence-corrected chi connectivity index (χ1v) is 7.17. The molecule has 1 aromatic carbocycles. The van der Waals surface area contributed by atoms with E-state index in [-0.39, 0.29) is 29.7 Å². The number of carbonyl (C=O) groups excluding carboxylic acids is 2. The van der Waals surface area contributed by atoms with Gasteiger partial charge in [0.1, 0.15) is 0 Å². The van der Waals surface area contributed by atoms with Crippen LogP contribution in [-0.2, 0) is 9.59 Å². The molecule has 2 amide bonds. The molecule has 1 aliphatic heterocycles. The van der Waals surface area contributed by atoms with Crippen LogP contribution in [0, 0.1) is 11.8 Å². The molecule has 1 aromatic rings. The summed E-state index contributed by atoms with van der Waals surface area (Å²) in [5.74, 6) is -0.278. The Labute approximate surface area is 119 Å². The zero-order valence-electron chi connectivity index (χ0n) is 11.9. The minimum absolute atomic E-state index is 0.0000954. The average Bonchev–Trinajstić information content (AvgIpc) is 2.71. The molecule has 0 bridgehead atoms. The van der Waals surface area contributed by atoms with Crippen LogP contribution in [0.25, 0.3) is 0 Å². The fourth-order valence-electron chi connectivity index (χ4n) is 3.33. The highest BCUT2D eigenvalue weighted by Gasteiger charge is 2.49. The predicted molar refractivity (Wildman–Crippen MR) is 76.7 cm³/mol. The van der Waals surface area contributed by atoms with Crippen molar-refractivity contribution in [1.29, 1.82) is 0 Å². The van der Waals surface area contributed by atoms with Gasteiger partial charge in [0.2, 0.25) is 11.8 Å². The third-order valence-corrected chi connectivity index (χ3v) is 4.53. The number of amides is 2. The molecule has 20 heavy (non-hydrogen) atoms. The number of rotatable bonds is 2. The predicted octanol–water partition coefficient (Wildman–Crippen LogP) is 3.09. The first-order valence-electron chi connectivity index (χ1n) is 7.17. The molecule has 1 heterocycles. The number of imide groups is 1. The lowest BCUT2D eigenvalue weighted by atomic mass is 9.82. The lowest BCUT2D eigenvalue weighted by molar-refractivity contribution is -0.142. The van der Waals surface area contributed by atoms with E-state index in [4.69, 9.17) is 0 Å². The van der Waals surface area contributed by atoms with Gasteiger partial charge in [-0.05, 0) is 32.3 Å². The molecule has 0 aromatic heterocycles. The van der Waals surface area contributed by atoms with Crippen LogP contribution >= 0.6 is 0 Å². The number of benzene rings is 1. The van der Waals surface area contributed by atoms with Gasteiger partial charge in [0.15, 0.2) is 0 Å². The topological polar surface area (TPSA) is 37.4 Å². The van der Waals surface area contributed by atoms with E-state index < -0.39 is 0 Å². The minimum atomic E-state index is -0.179. The number of nitrogens with zero attached hydrogens (tertiary/aromatic N) is 1. The molecule has 2 aliphatic rings. The summed E-state index contributed by atoms with van der Waals surface area (Å²) in [6.07, 6.45) is 3.54. The van der Waals surface area contributed by atoms with Crippen LogP contribution in [0.3, 0.4) is 0 Å². The van der Waals surface area contributed by atoms with Gasteiger partial charge in [-0.25, -0.2) is 0 Å². The second-order valence-corrected chi connectivity index (χ2v) is 5.84. The standard InChI is InChI=1S/C17H19NO2/c1-11-8-9-14-15(10-11)17(20)18(16(14)19)12(2)13-6-4-3-5-7-13/h3-8,12,14-15H,9-10H2,1-2H3/t12-,14+,15+/m0/s1. The van der Waals surface area contributed by atoms with Gasteiger partial charge >= 0.3 is 0 Å². The SMILES string of the molecule is CC1=CC[C@H]2C(=O)N([C@@H](C)c3ccccc3)C(=O)[C@@H]2C1. The monoisotopic (exact) mass is 269 g/mol. The molecule has 0 N–H and O–H groups in total. The number of hydrogen-bond acceptors (Lipinski definition) is 2. The van der Waals surface area contributed by atoms with Crippen LogP contribution < -0.4 is 0 Å². The summed E-state index contributed by atoms with van der Waals surface area (Å²) in [6.45, 7) is 3.97. The molecule has 0 spiro atoms. The Morgan fingerprint density at radius 1 is 1.10 bits per heavy atom. The lowest BCUT2D eigenvalue weighted by Crippen LogP contribution is -2.33. The summed E-state index contributed by atoms with van der Waals surface area (Å²) < 4.78 is 0. The molecule has 1 fully saturated rings. The molecule has 3 rings (SSSR count). The van der Waals surface area contributed by atoms with Gasteiger partial charge in [0.05, 0.1) is 17.9 Å². The summed E-state index contributed by atoms with van der Waals surface area (Å²) in [6, 6.07) is 9.58. The molecule has 104 valence electrons. The maximum atomic E-state index is 12.6. The van der Waals surface area contributed by atoms with Crippen molar-refractivity contribution < 1.29 is 9.59 Å². The van der Waals surface area contributed by atoms with Crippen molar-refractivity contribution in [3.8, 4) is 0 Å².